The minimum atomic E-state index is 0.0235. The van der Waals surface area contributed by atoms with E-state index < -0.39 is 0 Å². The number of hydrogen-bond acceptors (Lipinski definition) is 6. The third-order valence-electron chi connectivity index (χ3n) is 6.08. The van der Waals surface area contributed by atoms with E-state index in [4.69, 9.17) is 0 Å². The first kappa shape index (κ1) is 19.4. The number of phenolic OH excluding ortho intramolecular Hbond substituents is 1. The van der Waals surface area contributed by atoms with Crippen molar-refractivity contribution in [3.8, 4) is 17.0 Å². The first-order chi connectivity index (χ1) is 15.2. The molecule has 0 unspecified atom stereocenters. The van der Waals surface area contributed by atoms with Crippen LogP contribution in [0.15, 0.2) is 67.0 Å². The Morgan fingerprint density at radius 3 is 2.29 bits per heavy atom. The predicted octanol–water partition coefficient (Wildman–Crippen LogP) is 2.63. The Bertz CT molecular complexity index is 1040. The fourth-order valence-corrected chi connectivity index (χ4v) is 4.22. The normalized spacial score (nSPS) is 16.8. The van der Waals surface area contributed by atoms with Crippen LogP contribution in [0.5, 0.6) is 5.75 Å². The smallest absolute Gasteiger partial charge is 0.229 e. The molecule has 0 radical (unpaired) electrons. The first-order valence-electron chi connectivity index (χ1n) is 10.6. The highest BCUT2D eigenvalue weighted by Crippen LogP contribution is 2.28. The average molecular weight is 415 g/mol. The summed E-state index contributed by atoms with van der Waals surface area (Å²) in [5.74, 6) is 1.40. The summed E-state index contributed by atoms with van der Waals surface area (Å²) in [6.07, 6.45) is 1.59. The first-order valence-corrected chi connectivity index (χ1v) is 10.6. The van der Waals surface area contributed by atoms with Crippen molar-refractivity contribution in [2.45, 2.75) is 0 Å². The predicted molar refractivity (Wildman–Crippen MR) is 120 cm³/mol. The van der Waals surface area contributed by atoms with Gasteiger partial charge in [-0.3, -0.25) is 4.79 Å². The molecule has 7 heteroatoms. The third kappa shape index (κ3) is 4.03. The van der Waals surface area contributed by atoms with Gasteiger partial charge in [-0.15, -0.1) is 0 Å². The Morgan fingerprint density at radius 1 is 0.871 bits per heavy atom. The van der Waals surface area contributed by atoms with Crippen LogP contribution >= 0.6 is 0 Å². The van der Waals surface area contributed by atoms with Crippen LogP contribution in [0.1, 0.15) is 0 Å². The van der Waals surface area contributed by atoms with Crippen LogP contribution in [0, 0.1) is 5.92 Å². The number of piperazine rings is 1. The van der Waals surface area contributed by atoms with E-state index >= 15 is 0 Å². The zero-order valence-corrected chi connectivity index (χ0v) is 17.3. The molecule has 31 heavy (non-hydrogen) atoms. The standard InChI is InChI=1S/C24H25N5O2/c30-21-8-6-20(7-9-21)27-10-12-28(13-11-27)24(31)19-15-29(16-19)23-14-22(25-17-26-23)18-4-2-1-3-5-18/h1-9,14,17,19,30H,10-13,15-16H2. The molecule has 1 amide bonds. The second-order valence-electron chi connectivity index (χ2n) is 8.06. The molecular formula is C24H25N5O2. The number of nitrogens with zero attached hydrogens (tertiary/aromatic N) is 5. The zero-order valence-electron chi connectivity index (χ0n) is 17.3. The van der Waals surface area contributed by atoms with Crippen molar-refractivity contribution in [2.24, 2.45) is 5.92 Å². The maximum absolute atomic E-state index is 12.9. The van der Waals surface area contributed by atoms with E-state index in [1.807, 2.05) is 53.4 Å². The number of phenols is 1. The molecule has 0 bridgehead atoms. The fraction of sp³-hybridized carbons (Fsp3) is 0.292. The molecule has 158 valence electrons. The second-order valence-corrected chi connectivity index (χ2v) is 8.06. The Balaban J connectivity index is 1.15. The van der Waals surface area contributed by atoms with E-state index in [-0.39, 0.29) is 17.6 Å². The summed E-state index contributed by atoms with van der Waals surface area (Å²) in [6, 6.07) is 19.3. The third-order valence-corrected chi connectivity index (χ3v) is 6.08. The molecule has 0 aliphatic carbocycles. The number of carbonyl (C=O) groups excluding carboxylic acids is 1. The lowest BCUT2D eigenvalue weighted by Crippen LogP contribution is -2.58. The van der Waals surface area contributed by atoms with Crippen LogP contribution in [0.3, 0.4) is 0 Å². The molecule has 2 saturated heterocycles. The highest BCUT2D eigenvalue weighted by atomic mass is 16.3. The maximum Gasteiger partial charge on any atom is 0.229 e. The summed E-state index contributed by atoms with van der Waals surface area (Å²) in [6.45, 7) is 4.45. The molecule has 3 heterocycles. The summed E-state index contributed by atoms with van der Waals surface area (Å²) in [5.41, 5.74) is 3.04. The van der Waals surface area contributed by atoms with E-state index in [2.05, 4.69) is 19.8 Å². The molecule has 1 N–H and O–H groups in total. The Labute approximate surface area is 181 Å². The van der Waals surface area contributed by atoms with Crippen LogP contribution in [0.2, 0.25) is 0 Å². The van der Waals surface area contributed by atoms with Gasteiger partial charge in [0.05, 0.1) is 11.6 Å². The molecule has 2 aromatic carbocycles. The lowest BCUT2D eigenvalue weighted by molar-refractivity contribution is -0.136. The summed E-state index contributed by atoms with van der Waals surface area (Å²) in [4.78, 5) is 28.1. The van der Waals surface area contributed by atoms with Gasteiger partial charge in [-0.25, -0.2) is 9.97 Å². The van der Waals surface area contributed by atoms with Gasteiger partial charge in [0.1, 0.15) is 17.9 Å². The van der Waals surface area contributed by atoms with Crippen molar-refractivity contribution < 1.29 is 9.90 Å². The van der Waals surface area contributed by atoms with Gasteiger partial charge in [-0.1, -0.05) is 30.3 Å². The maximum atomic E-state index is 12.9. The summed E-state index contributed by atoms with van der Waals surface area (Å²) < 4.78 is 0. The zero-order chi connectivity index (χ0) is 21.2. The summed E-state index contributed by atoms with van der Waals surface area (Å²) in [5, 5.41) is 9.46. The molecule has 7 nitrogen and oxygen atoms in total. The molecule has 5 rings (SSSR count). The lowest BCUT2D eigenvalue weighted by atomic mass is 9.97. The van der Waals surface area contributed by atoms with Crippen LogP contribution in [-0.4, -0.2) is 65.2 Å². The SMILES string of the molecule is O=C(C1CN(c2cc(-c3ccccc3)ncn2)C1)N1CCN(c2ccc(O)cc2)CC1. The number of amides is 1. The molecule has 3 aromatic rings. The van der Waals surface area contributed by atoms with Gasteiger partial charge < -0.3 is 19.8 Å². The minimum absolute atomic E-state index is 0.0235. The highest BCUT2D eigenvalue weighted by Gasteiger charge is 2.37. The Morgan fingerprint density at radius 2 is 1.58 bits per heavy atom. The minimum Gasteiger partial charge on any atom is -0.508 e. The number of rotatable bonds is 4. The van der Waals surface area contributed by atoms with Crippen LogP contribution in [0.4, 0.5) is 11.5 Å². The van der Waals surface area contributed by atoms with Gasteiger partial charge in [-0.2, -0.15) is 0 Å². The highest BCUT2D eigenvalue weighted by molar-refractivity contribution is 5.82. The number of anilines is 2. The van der Waals surface area contributed by atoms with Crippen LogP contribution < -0.4 is 9.80 Å². The Hall–Kier alpha value is -3.61. The quantitative estimate of drug-likeness (QED) is 0.706. The van der Waals surface area contributed by atoms with Crippen molar-refractivity contribution in [3.63, 3.8) is 0 Å². The number of hydrogen-bond donors (Lipinski definition) is 1. The van der Waals surface area contributed by atoms with Gasteiger partial charge in [0, 0.05) is 56.6 Å². The van der Waals surface area contributed by atoms with E-state index in [1.54, 1.807) is 18.5 Å². The van der Waals surface area contributed by atoms with Crippen LogP contribution in [-0.2, 0) is 4.79 Å². The van der Waals surface area contributed by atoms with Gasteiger partial charge in [0.15, 0.2) is 0 Å². The van der Waals surface area contributed by atoms with Crippen molar-refractivity contribution in [2.75, 3.05) is 49.1 Å². The molecule has 0 spiro atoms. The molecule has 0 saturated carbocycles. The molecule has 2 fully saturated rings. The Kier molecular flexibility index (Phi) is 5.16. The van der Waals surface area contributed by atoms with Crippen molar-refractivity contribution in [1.29, 1.82) is 0 Å². The van der Waals surface area contributed by atoms with Crippen molar-refractivity contribution in [1.82, 2.24) is 14.9 Å². The number of aromatic nitrogens is 2. The second kappa shape index (κ2) is 8.26. The number of benzene rings is 2. The van der Waals surface area contributed by atoms with Gasteiger partial charge in [-0.05, 0) is 24.3 Å². The lowest BCUT2D eigenvalue weighted by Gasteiger charge is -2.43. The molecule has 2 aliphatic rings. The molecule has 1 aromatic heterocycles. The molecular weight excluding hydrogens is 390 g/mol. The van der Waals surface area contributed by atoms with E-state index in [0.29, 0.717) is 13.1 Å². The van der Waals surface area contributed by atoms with E-state index in [1.165, 1.54) is 0 Å². The average Bonchev–Trinajstić information content (AvgIpc) is 2.79. The summed E-state index contributed by atoms with van der Waals surface area (Å²) >= 11 is 0. The van der Waals surface area contributed by atoms with Gasteiger partial charge in [0.25, 0.3) is 0 Å². The monoisotopic (exact) mass is 415 g/mol. The molecule has 0 atom stereocenters. The van der Waals surface area contributed by atoms with E-state index in [0.717, 1.165) is 48.9 Å². The number of aromatic hydroxyl groups is 1. The fourth-order valence-electron chi connectivity index (χ4n) is 4.22. The largest absolute Gasteiger partial charge is 0.508 e. The van der Waals surface area contributed by atoms with Gasteiger partial charge >= 0.3 is 0 Å². The van der Waals surface area contributed by atoms with Crippen molar-refractivity contribution >= 4 is 17.4 Å². The van der Waals surface area contributed by atoms with Crippen LogP contribution in [0.25, 0.3) is 11.3 Å². The summed E-state index contributed by atoms with van der Waals surface area (Å²) in [7, 11) is 0. The molecule has 2 aliphatic heterocycles. The van der Waals surface area contributed by atoms with E-state index in [9.17, 15) is 9.90 Å². The number of carbonyl (C=O) groups is 1. The van der Waals surface area contributed by atoms with Gasteiger partial charge in [0.2, 0.25) is 5.91 Å². The van der Waals surface area contributed by atoms with Crippen molar-refractivity contribution in [3.05, 3.63) is 67.0 Å². The topological polar surface area (TPSA) is 72.8 Å².